The molecule has 1 atom stereocenters. The fourth-order valence-corrected chi connectivity index (χ4v) is 5.90. The first-order valence-electron chi connectivity index (χ1n) is 4.91. The van der Waals surface area contributed by atoms with Gasteiger partial charge in [-0.05, 0) is 0 Å². The molecule has 0 nitrogen and oxygen atoms in total. The Kier molecular flexibility index (Phi) is 4.32. The van der Waals surface area contributed by atoms with Gasteiger partial charge < -0.3 is 0 Å². The first-order valence-corrected chi connectivity index (χ1v) is 8.20. The topological polar surface area (TPSA) is 0 Å². The van der Waals surface area contributed by atoms with Crippen molar-refractivity contribution in [3.63, 3.8) is 0 Å². The van der Waals surface area contributed by atoms with Gasteiger partial charge in [-0.3, -0.25) is 0 Å². The molecule has 1 aromatic carbocycles. The van der Waals surface area contributed by atoms with Gasteiger partial charge in [-0.25, -0.2) is 0 Å². The predicted molar refractivity (Wildman–Crippen MR) is 65.8 cm³/mol. The third-order valence-corrected chi connectivity index (χ3v) is 6.34. The fraction of sp³-hybridized carbons (Fsp3) is 0.500. The van der Waals surface area contributed by atoms with Gasteiger partial charge in [0.15, 0.2) is 0 Å². The summed E-state index contributed by atoms with van der Waals surface area (Å²) in [7, 11) is 0. The van der Waals surface area contributed by atoms with Crippen molar-refractivity contribution in [2.45, 2.75) is 36.5 Å². The first-order chi connectivity index (χ1) is 6.40. The molecular weight excluding hydrogens is 298 g/mol. The van der Waals surface area contributed by atoms with Crippen LogP contribution in [0.1, 0.15) is 38.6 Å². The monoisotopic (exact) mass is 316 g/mol. The first kappa shape index (κ1) is 12.4. The normalized spacial score (nSPS) is 14.1. The Morgan fingerprint density at radius 1 is 1.21 bits per heavy atom. The van der Waals surface area contributed by atoms with Gasteiger partial charge in [-0.1, -0.05) is 0 Å². The number of rotatable bonds is 2. The average Bonchev–Trinajstić information content (AvgIpc) is 2.01. The Labute approximate surface area is 102 Å². The molecule has 0 amide bonds. The summed E-state index contributed by atoms with van der Waals surface area (Å²) in [5.41, 5.74) is 1.34. The van der Waals surface area contributed by atoms with Gasteiger partial charge in [0.25, 0.3) is 0 Å². The van der Waals surface area contributed by atoms with Crippen molar-refractivity contribution in [3.05, 3.63) is 29.8 Å². The predicted octanol–water partition coefficient (Wildman–Crippen LogP) is 3.53. The molecule has 1 unspecified atom stereocenters. The minimum absolute atomic E-state index is 0.148. The molecule has 0 saturated heterocycles. The van der Waals surface area contributed by atoms with E-state index in [9.17, 15) is 0 Å². The second kappa shape index (κ2) is 4.89. The van der Waals surface area contributed by atoms with Crippen molar-refractivity contribution in [1.82, 2.24) is 0 Å². The average molecular weight is 315 g/mol. The second-order valence-corrected chi connectivity index (χ2v) is 11.8. The molecule has 0 aliphatic carbocycles. The van der Waals surface area contributed by atoms with Gasteiger partial charge in [0.1, 0.15) is 0 Å². The number of hydrogen-bond donors (Lipinski definition) is 0. The van der Waals surface area contributed by atoms with Crippen molar-refractivity contribution in [1.29, 1.82) is 0 Å². The van der Waals surface area contributed by atoms with Crippen molar-refractivity contribution in [3.8, 4) is 0 Å². The number of benzene rings is 1. The van der Waals surface area contributed by atoms with Crippen LogP contribution in [0.15, 0.2) is 24.3 Å². The van der Waals surface area contributed by atoms with Crippen LogP contribution < -0.4 is 3.58 Å². The summed E-state index contributed by atoms with van der Waals surface area (Å²) in [6.07, 6.45) is 0. The molecule has 1 rings (SSSR count). The molecule has 0 aliphatic heterocycles. The molecule has 0 spiro atoms. The standard InChI is InChI=1S/C8H8Cl.C4H9.Sn/c1-7(9)8-5-3-2-4-6-8;1-4(2)3;/h2-5,7H,1H3;1-3H3;. The quantitative estimate of drug-likeness (QED) is 0.578. The number of halogens is 1. The maximum atomic E-state index is 6.16. The Morgan fingerprint density at radius 3 is 2.29 bits per heavy atom. The van der Waals surface area contributed by atoms with E-state index in [0.29, 0.717) is 3.43 Å². The molecule has 0 aliphatic rings. The van der Waals surface area contributed by atoms with Crippen molar-refractivity contribution in [2.24, 2.45) is 0 Å². The summed E-state index contributed by atoms with van der Waals surface area (Å²) in [5.74, 6) is 0. The van der Waals surface area contributed by atoms with E-state index in [2.05, 4.69) is 52.0 Å². The van der Waals surface area contributed by atoms with Gasteiger partial charge in [0.2, 0.25) is 0 Å². The van der Waals surface area contributed by atoms with Crippen molar-refractivity contribution < 1.29 is 0 Å². The van der Waals surface area contributed by atoms with Crippen molar-refractivity contribution in [2.75, 3.05) is 0 Å². The van der Waals surface area contributed by atoms with Crippen LogP contribution in [0.25, 0.3) is 0 Å². The van der Waals surface area contributed by atoms with Crippen LogP contribution in [-0.4, -0.2) is 21.1 Å². The van der Waals surface area contributed by atoms with Crippen LogP contribution >= 0.6 is 11.6 Å². The van der Waals surface area contributed by atoms with E-state index < -0.39 is 21.1 Å². The van der Waals surface area contributed by atoms with E-state index in [0.717, 1.165) is 0 Å². The molecule has 0 saturated carbocycles. The minimum atomic E-state index is -0.523. The molecule has 0 heterocycles. The number of hydrogen-bond acceptors (Lipinski definition) is 0. The van der Waals surface area contributed by atoms with Gasteiger partial charge in [0.05, 0.1) is 0 Å². The summed E-state index contributed by atoms with van der Waals surface area (Å²) in [6.45, 7) is 9.04. The Morgan fingerprint density at radius 2 is 1.79 bits per heavy atom. The molecule has 14 heavy (non-hydrogen) atoms. The molecular formula is C12H17ClSn. The zero-order valence-corrected chi connectivity index (χ0v) is 12.9. The van der Waals surface area contributed by atoms with E-state index >= 15 is 0 Å². The van der Waals surface area contributed by atoms with E-state index in [1.54, 1.807) is 3.58 Å². The molecule has 76 valence electrons. The van der Waals surface area contributed by atoms with Crippen LogP contribution in [0.3, 0.4) is 0 Å². The molecule has 2 heteroatoms. The zero-order chi connectivity index (χ0) is 10.8. The van der Waals surface area contributed by atoms with Gasteiger partial charge in [0, 0.05) is 0 Å². The van der Waals surface area contributed by atoms with E-state index in [1.807, 2.05) is 0 Å². The van der Waals surface area contributed by atoms with Gasteiger partial charge >= 0.3 is 103 Å². The van der Waals surface area contributed by atoms with Crippen LogP contribution in [-0.2, 0) is 0 Å². The van der Waals surface area contributed by atoms with Crippen molar-refractivity contribution >= 4 is 36.3 Å². The zero-order valence-electron chi connectivity index (χ0n) is 9.26. The molecule has 0 aromatic heterocycles. The van der Waals surface area contributed by atoms with Crippen LogP contribution in [0.5, 0.6) is 0 Å². The van der Waals surface area contributed by atoms with E-state index in [4.69, 9.17) is 11.6 Å². The van der Waals surface area contributed by atoms with E-state index in [-0.39, 0.29) is 5.38 Å². The summed E-state index contributed by atoms with van der Waals surface area (Å²) in [5, 5.41) is 0.148. The Hall–Kier alpha value is 0.309. The second-order valence-electron chi connectivity index (χ2n) is 4.58. The van der Waals surface area contributed by atoms with Crippen LogP contribution in [0.2, 0.25) is 3.43 Å². The third kappa shape index (κ3) is 3.82. The molecule has 2 radical (unpaired) electrons. The van der Waals surface area contributed by atoms with E-state index in [1.165, 1.54) is 5.56 Å². The molecule has 0 N–H and O–H groups in total. The Bertz CT molecular complexity index is 299. The Balaban J connectivity index is 2.96. The van der Waals surface area contributed by atoms with Crippen LogP contribution in [0.4, 0.5) is 0 Å². The third-order valence-electron chi connectivity index (χ3n) is 1.90. The summed E-state index contributed by atoms with van der Waals surface area (Å²) in [4.78, 5) is 0. The maximum absolute atomic E-state index is 6.16. The van der Waals surface area contributed by atoms with Crippen LogP contribution in [0, 0.1) is 0 Å². The van der Waals surface area contributed by atoms with Gasteiger partial charge in [-0.2, -0.15) is 0 Å². The molecule has 0 bridgehead atoms. The summed E-state index contributed by atoms with van der Waals surface area (Å²) < 4.78 is 2.04. The number of alkyl halides is 1. The fourth-order valence-electron chi connectivity index (χ4n) is 1.36. The molecule has 0 fully saturated rings. The SMILES string of the molecule is CC(Cl)c1cccc[c]1[Sn][C](C)(C)C. The summed E-state index contributed by atoms with van der Waals surface area (Å²) >= 11 is 5.64. The molecule has 1 aromatic rings. The van der Waals surface area contributed by atoms with Gasteiger partial charge in [-0.15, -0.1) is 0 Å². The summed E-state index contributed by atoms with van der Waals surface area (Å²) in [6, 6.07) is 8.63.